The van der Waals surface area contributed by atoms with Crippen LogP contribution in [0.15, 0.2) is 48.8 Å². The second-order valence-corrected chi connectivity index (χ2v) is 7.94. The maximum Gasteiger partial charge on any atom is 0.321 e. The van der Waals surface area contributed by atoms with E-state index in [9.17, 15) is 9.90 Å². The summed E-state index contributed by atoms with van der Waals surface area (Å²) in [5, 5.41) is 13.1. The van der Waals surface area contributed by atoms with Crippen molar-refractivity contribution >= 4 is 17.4 Å². The standard InChI is InChI=1S/C22H26N4O2/c1-16-8-12-26-15-19(24-20(26)14-16)17-4-6-18(7-5-17)23-21(27)25-11-3-9-22(2,28)10-13-25/h4-8,12,14-15,28H,3,9-11,13H2,1-2H3,(H,23,27). The number of aliphatic hydroxyl groups is 1. The fourth-order valence-electron chi connectivity index (χ4n) is 3.62. The van der Waals surface area contributed by atoms with Gasteiger partial charge in [-0.25, -0.2) is 9.78 Å². The Bertz CT molecular complexity index is 991. The summed E-state index contributed by atoms with van der Waals surface area (Å²) in [6, 6.07) is 11.7. The van der Waals surface area contributed by atoms with Crippen LogP contribution < -0.4 is 5.32 Å². The molecule has 0 bridgehead atoms. The number of rotatable bonds is 2. The molecule has 1 fully saturated rings. The Kier molecular flexibility index (Phi) is 4.81. The third kappa shape index (κ3) is 4.02. The minimum Gasteiger partial charge on any atom is -0.390 e. The van der Waals surface area contributed by atoms with Gasteiger partial charge in [-0.2, -0.15) is 0 Å². The lowest BCUT2D eigenvalue weighted by Crippen LogP contribution is -2.36. The normalized spacial score (nSPS) is 20.2. The van der Waals surface area contributed by atoms with Crippen molar-refractivity contribution in [3.05, 3.63) is 54.4 Å². The number of nitrogens with one attached hydrogen (secondary N) is 1. The van der Waals surface area contributed by atoms with Crippen LogP contribution in [0.4, 0.5) is 10.5 Å². The predicted octanol–water partition coefficient (Wildman–Crippen LogP) is 4.08. The van der Waals surface area contributed by atoms with Crippen LogP contribution in [0.5, 0.6) is 0 Å². The molecule has 0 spiro atoms. The van der Waals surface area contributed by atoms with Gasteiger partial charge >= 0.3 is 6.03 Å². The first-order valence-corrected chi connectivity index (χ1v) is 9.74. The Labute approximate surface area is 164 Å². The van der Waals surface area contributed by atoms with Crippen LogP contribution in [0.3, 0.4) is 0 Å². The summed E-state index contributed by atoms with van der Waals surface area (Å²) >= 11 is 0. The predicted molar refractivity (Wildman–Crippen MR) is 110 cm³/mol. The van der Waals surface area contributed by atoms with Gasteiger partial charge in [-0.15, -0.1) is 0 Å². The number of carbonyl (C=O) groups excluding carboxylic acids is 1. The van der Waals surface area contributed by atoms with Crippen LogP contribution in [0.2, 0.25) is 0 Å². The number of imidazole rings is 1. The molecule has 1 atom stereocenters. The molecule has 2 N–H and O–H groups in total. The molecule has 2 aromatic heterocycles. The number of hydrogen-bond acceptors (Lipinski definition) is 3. The van der Waals surface area contributed by atoms with E-state index in [4.69, 9.17) is 0 Å². The number of benzene rings is 1. The van der Waals surface area contributed by atoms with E-state index in [0.717, 1.165) is 35.4 Å². The van der Waals surface area contributed by atoms with E-state index in [0.29, 0.717) is 19.5 Å². The Morgan fingerprint density at radius 3 is 2.75 bits per heavy atom. The topological polar surface area (TPSA) is 69.9 Å². The Hall–Kier alpha value is -2.86. The number of pyridine rings is 1. The number of nitrogens with zero attached hydrogens (tertiary/aromatic N) is 3. The van der Waals surface area contributed by atoms with Gasteiger partial charge in [0.05, 0.1) is 11.3 Å². The molecule has 28 heavy (non-hydrogen) atoms. The molecule has 1 unspecified atom stereocenters. The average Bonchev–Trinajstić information content (AvgIpc) is 2.98. The van der Waals surface area contributed by atoms with Gasteiger partial charge in [0.1, 0.15) is 5.65 Å². The number of aromatic nitrogens is 2. The monoisotopic (exact) mass is 378 g/mol. The highest BCUT2D eigenvalue weighted by atomic mass is 16.3. The van der Waals surface area contributed by atoms with Gasteiger partial charge in [0.15, 0.2) is 0 Å². The lowest BCUT2D eigenvalue weighted by molar-refractivity contribution is 0.0458. The fraction of sp³-hybridized carbons (Fsp3) is 0.364. The van der Waals surface area contributed by atoms with Crippen LogP contribution in [0.1, 0.15) is 31.7 Å². The summed E-state index contributed by atoms with van der Waals surface area (Å²) < 4.78 is 2.01. The van der Waals surface area contributed by atoms with Crippen molar-refractivity contribution < 1.29 is 9.90 Å². The third-order valence-corrected chi connectivity index (χ3v) is 5.40. The first-order valence-electron chi connectivity index (χ1n) is 9.74. The molecule has 2 amide bonds. The minimum absolute atomic E-state index is 0.117. The first kappa shape index (κ1) is 18.5. The van der Waals surface area contributed by atoms with Gasteiger partial charge < -0.3 is 19.7 Å². The van der Waals surface area contributed by atoms with Crippen molar-refractivity contribution in [3.8, 4) is 11.3 Å². The zero-order chi connectivity index (χ0) is 19.7. The number of amides is 2. The van der Waals surface area contributed by atoms with Crippen molar-refractivity contribution in [2.45, 2.75) is 38.7 Å². The molecule has 4 rings (SSSR count). The van der Waals surface area contributed by atoms with Crippen LogP contribution in [0.25, 0.3) is 16.9 Å². The van der Waals surface area contributed by atoms with Gasteiger partial charge in [0.2, 0.25) is 0 Å². The summed E-state index contributed by atoms with van der Waals surface area (Å²) in [6.07, 6.45) is 6.16. The van der Waals surface area contributed by atoms with Gasteiger partial charge in [0, 0.05) is 36.7 Å². The first-order chi connectivity index (χ1) is 13.4. The zero-order valence-corrected chi connectivity index (χ0v) is 16.4. The zero-order valence-electron chi connectivity index (χ0n) is 16.4. The van der Waals surface area contributed by atoms with E-state index >= 15 is 0 Å². The van der Waals surface area contributed by atoms with Crippen LogP contribution in [-0.4, -0.2) is 44.1 Å². The van der Waals surface area contributed by atoms with E-state index in [1.165, 1.54) is 5.56 Å². The smallest absolute Gasteiger partial charge is 0.321 e. The highest BCUT2D eigenvalue weighted by molar-refractivity contribution is 5.89. The number of hydrogen-bond donors (Lipinski definition) is 2. The maximum absolute atomic E-state index is 12.6. The van der Waals surface area contributed by atoms with Gasteiger partial charge in [0.25, 0.3) is 0 Å². The summed E-state index contributed by atoms with van der Waals surface area (Å²) in [5.74, 6) is 0. The molecule has 146 valence electrons. The Morgan fingerprint density at radius 2 is 1.96 bits per heavy atom. The number of fused-ring (bicyclic) bond motifs is 1. The summed E-state index contributed by atoms with van der Waals surface area (Å²) in [5.41, 5.74) is 4.08. The molecule has 1 saturated heterocycles. The van der Waals surface area contributed by atoms with E-state index in [-0.39, 0.29) is 6.03 Å². The van der Waals surface area contributed by atoms with E-state index in [1.807, 2.05) is 48.0 Å². The molecule has 6 heteroatoms. The molecule has 6 nitrogen and oxygen atoms in total. The molecular formula is C22H26N4O2. The average molecular weight is 378 g/mol. The van der Waals surface area contributed by atoms with Crippen molar-refractivity contribution in [2.75, 3.05) is 18.4 Å². The highest BCUT2D eigenvalue weighted by Crippen LogP contribution is 2.24. The minimum atomic E-state index is -0.677. The molecule has 3 aromatic rings. The number of anilines is 1. The second-order valence-electron chi connectivity index (χ2n) is 7.94. The number of urea groups is 1. The van der Waals surface area contributed by atoms with Crippen molar-refractivity contribution in [2.24, 2.45) is 0 Å². The third-order valence-electron chi connectivity index (χ3n) is 5.40. The fourth-order valence-corrected chi connectivity index (χ4v) is 3.62. The van der Waals surface area contributed by atoms with Crippen molar-refractivity contribution in [3.63, 3.8) is 0 Å². The van der Waals surface area contributed by atoms with Crippen LogP contribution in [-0.2, 0) is 0 Å². The van der Waals surface area contributed by atoms with E-state index < -0.39 is 5.60 Å². The highest BCUT2D eigenvalue weighted by Gasteiger charge is 2.27. The summed E-state index contributed by atoms with van der Waals surface area (Å²) in [7, 11) is 0. The quantitative estimate of drug-likeness (QED) is 0.706. The number of carbonyl (C=O) groups is 1. The molecular weight excluding hydrogens is 352 g/mol. The number of likely N-dealkylation sites (tertiary alicyclic amines) is 1. The number of aryl methyl sites for hydroxylation is 1. The second kappa shape index (κ2) is 7.28. The Morgan fingerprint density at radius 1 is 1.18 bits per heavy atom. The lowest BCUT2D eigenvalue weighted by atomic mass is 9.98. The van der Waals surface area contributed by atoms with Crippen molar-refractivity contribution in [1.82, 2.24) is 14.3 Å². The summed E-state index contributed by atoms with van der Waals surface area (Å²) in [4.78, 5) is 19.0. The molecule has 1 aliphatic heterocycles. The van der Waals surface area contributed by atoms with Gasteiger partial charge in [-0.1, -0.05) is 12.1 Å². The lowest BCUT2D eigenvalue weighted by Gasteiger charge is -2.23. The Balaban J connectivity index is 1.44. The van der Waals surface area contributed by atoms with Gasteiger partial charge in [-0.3, -0.25) is 0 Å². The molecule has 0 aliphatic carbocycles. The SMILES string of the molecule is Cc1ccn2cc(-c3ccc(NC(=O)N4CCCC(C)(O)CC4)cc3)nc2c1. The maximum atomic E-state index is 12.6. The molecule has 3 heterocycles. The van der Waals surface area contributed by atoms with Crippen molar-refractivity contribution in [1.29, 1.82) is 0 Å². The van der Waals surface area contributed by atoms with Crippen LogP contribution >= 0.6 is 0 Å². The molecule has 0 saturated carbocycles. The molecule has 0 radical (unpaired) electrons. The summed E-state index contributed by atoms with van der Waals surface area (Å²) in [6.45, 7) is 5.13. The van der Waals surface area contributed by atoms with E-state index in [2.05, 4.69) is 29.4 Å². The largest absolute Gasteiger partial charge is 0.390 e. The molecule has 1 aromatic carbocycles. The van der Waals surface area contributed by atoms with Crippen LogP contribution in [0, 0.1) is 6.92 Å². The van der Waals surface area contributed by atoms with E-state index in [1.54, 1.807) is 4.90 Å². The molecule has 1 aliphatic rings. The van der Waals surface area contributed by atoms with Gasteiger partial charge in [-0.05, 0) is 62.9 Å².